The minimum atomic E-state index is -0.750. The van der Waals surface area contributed by atoms with E-state index in [1.165, 1.54) is 0 Å². The monoisotopic (exact) mass is 281 g/mol. The SMILES string of the molecule is C1=CC(c2ccccc2)=NN(c2ccccc2)N1.OBO. The van der Waals surface area contributed by atoms with Crippen molar-refractivity contribution >= 4 is 19.1 Å². The third kappa shape index (κ3) is 4.20. The van der Waals surface area contributed by atoms with E-state index in [0.717, 1.165) is 17.0 Å². The quantitative estimate of drug-likeness (QED) is 0.723. The highest BCUT2D eigenvalue weighted by molar-refractivity contribution is 6.13. The number of nitrogens with one attached hydrogen (secondary N) is 1. The highest BCUT2D eigenvalue weighted by Gasteiger charge is 2.09. The molecule has 0 saturated heterocycles. The molecular weight excluding hydrogens is 265 g/mol. The summed E-state index contributed by atoms with van der Waals surface area (Å²) in [7, 11) is -0.750. The van der Waals surface area contributed by atoms with Gasteiger partial charge in [0.1, 0.15) is 0 Å². The summed E-state index contributed by atoms with van der Waals surface area (Å²) in [5, 5.41) is 20.6. The Morgan fingerprint density at radius 1 is 0.905 bits per heavy atom. The number of hydrogen-bond acceptors (Lipinski definition) is 5. The molecule has 106 valence electrons. The minimum absolute atomic E-state index is 0.750. The van der Waals surface area contributed by atoms with Gasteiger partial charge in [-0.1, -0.05) is 48.5 Å². The average Bonchev–Trinajstić information content (AvgIpc) is 2.57. The van der Waals surface area contributed by atoms with Crippen LogP contribution in [0.1, 0.15) is 5.56 Å². The molecule has 2 aromatic rings. The van der Waals surface area contributed by atoms with E-state index in [4.69, 9.17) is 10.0 Å². The minimum Gasteiger partial charge on any atom is -0.430 e. The number of hydrazine groups is 1. The van der Waals surface area contributed by atoms with Gasteiger partial charge in [-0.05, 0) is 18.2 Å². The van der Waals surface area contributed by atoms with Gasteiger partial charge in [0.05, 0.1) is 11.4 Å². The molecule has 0 unspecified atom stereocenters. The van der Waals surface area contributed by atoms with Crippen LogP contribution in [-0.4, -0.2) is 23.4 Å². The number of para-hydroxylation sites is 1. The first kappa shape index (κ1) is 14.8. The lowest BCUT2D eigenvalue weighted by atomic mass is 10.1. The van der Waals surface area contributed by atoms with Gasteiger partial charge in [-0.25, -0.2) is 0 Å². The van der Waals surface area contributed by atoms with Crippen LogP contribution in [0.15, 0.2) is 78.0 Å². The fraction of sp³-hybridized carbons (Fsp3) is 0. The molecule has 6 heteroatoms. The first-order valence-corrected chi connectivity index (χ1v) is 6.49. The van der Waals surface area contributed by atoms with E-state index in [9.17, 15) is 0 Å². The Morgan fingerprint density at radius 3 is 2.10 bits per heavy atom. The first-order valence-electron chi connectivity index (χ1n) is 6.49. The number of anilines is 1. The molecule has 0 saturated carbocycles. The summed E-state index contributed by atoms with van der Waals surface area (Å²) in [6.07, 6.45) is 3.86. The second-order valence-corrected chi connectivity index (χ2v) is 4.10. The molecule has 3 rings (SSSR count). The fourth-order valence-corrected chi connectivity index (χ4v) is 1.82. The van der Waals surface area contributed by atoms with E-state index >= 15 is 0 Å². The predicted molar refractivity (Wildman–Crippen MR) is 85.8 cm³/mol. The lowest BCUT2D eigenvalue weighted by Crippen LogP contribution is -2.33. The average molecular weight is 281 g/mol. The van der Waals surface area contributed by atoms with Gasteiger partial charge in [0.15, 0.2) is 0 Å². The Bertz CT molecular complexity index is 603. The number of hydrazone groups is 1. The van der Waals surface area contributed by atoms with E-state index in [-0.39, 0.29) is 0 Å². The Morgan fingerprint density at radius 2 is 1.48 bits per heavy atom. The van der Waals surface area contributed by atoms with Crippen molar-refractivity contribution in [3.63, 3.8) is 0 Å². The Kier molecular flexibility index (Phi) is 5.57. The summed E-state index contributed by atoms with van der Waals surface area (Å²) in [6, 6.07) is 20.1. The third-order valence-corrected chi connectivity index (χ3v) is 2.72. The zero-order chi connectivity index (χ0) is 14.9. The Labute approximate surface area is 124 Å². The fourth-order valence-electron chi connectivity index (χ4n) is 1.82. The lowest BCUT2D eigenvalue weighted by molar-refractivity contribution is 0.448. The summed E-state index contributed by atoms with van der Waals surface area (Å²) in [5.74, 6) is 0. The van der Waals surface area contributed by atoms with E-state index in [0.29, 0.717) is 0 Å². The normalized spacial score (nSPS) is 12.7. The number of allylic oxidation sites excluding steroid dienone is 1. The molecule has 21 heavy (non-hydrogen) atoms. The van der Waals surface area contributed by atoms with Crippen molar-refractivity contribution in [2.75, 3.05) is 5.12 Å². The van der Waals surface area contributed by atoms with Gasteiger partial charge in [-0.3, -0.25) is 5.43 Å². The summed E-state index contributed by atoms with van der Waals surface area (Å²) >= 11 is 0. The molecule has 0 aliphatic carbocycles. The second-order valence-electron chi connectivity index (χ2n) is 4.10. The van der Waals surface area contributed by atoms with Crippen LogP contribution in [0, 0.1) is 0 Å². The molecule has 0 amide bonds. The molecule has 0 radical (unpaired) electrons. The molecule has 1 aliphatic heterocycles. The van der Waals surface area contributed by atoms with Crippen molar-refractivity contribution in [1.82, 2.24) is 5.43 Å². The molecule has 1 aliphatic rings. The highest BCUT2D eigenvalue weighted by Crippen LogP contribution is 2.15. The molecule has 3 N–H and O–H groups in total. The van der Waals surface area contributed by atoms with Gasteiger partial charge < -0.3 is 10.0 Å². The van der Waals surface area contributed by atoms with Crippen LogP contribution in [0.5, 0.6) is 0 Å². The summed E-state index contributed by atoms with van der Waals surface area (Å²) < 4.78 is 0. The van der Waals surface area contributed by atoms with Crippen LogP contribution in [0.25, 0.3) is 0 Å². The van der Waals surface area contributed by atoms with Gasteiger partial charge in [-0.15, -0.1) is 0 Å². The second kappa shape index (κ2) is 7.89. The van der Waals surface area contributed by atoms with Crippen molar-refractivity contribution in [3.8, 4) is 0 Å². The van der Waals surface area contributed by atoms with Crippen molar-refractivity contribution in [1.29, 1.82) is 0 Å². The largest absolute Gasteiger partial charge is 0.432 e. The Balaban J connectivity index is 0.000000497. The molecule has 0 aromatic heterocycles. The molecule has 0 atom stereocenters. The molecular formula is C15H16BN3O2. The molecule has 0 bridgehead atoms. The molecule has 1 heterocycles. The predicted octanol–water partition coefficient (Wildman–Crippen LogP) is 1.17. The third-order valence-electron chi connectivity index (χ3n) is 2.72. The first-order chi connectivity index (χ1) is 10.3. The molecule has 5 nitrogen and oxygen atoms in total. The van der Waals surface area contributed by atoms with Crippen molar-refractivity contribution in [3.05, 3.63) is 78.5 Å². The van der Waals surface area contributed by atoms with Gasteiger partial charge in [-0.2, -0.15) is 10.2 Å². The maximum Gasteiger partial charge on any atom is 0.432 e. The van der Waals surface area contributed by atoms with E-state index in [2.05, 4.69) is 22.7 Å². The van der Waals surface area contributed by atoms with Gasteiger partial charge >= 0.3 is 7.69 Å². The summed E-state index contributed by atoms with van der Waals surface area (Å²) in [4.78, 5) is 0. The molecule has 0 fully saturated rings. The van der Waals surface area contributed by atoms with Gasteiger partial charge in [0, 0.05) is 11.8 Å². The van der Waals surface area contributed by atoms with Crippen molar-refractivity contribution in [2.24, 2.45) is 5.10 Å². The van der Waals surface area contributed by atoms with Crippen LogP contribution >= 0.6 is 0 Å². The van der Waals surface area contributed by atoms with E-state index < -0.39 is 7.69 Å². The number of benzene rings is 2. The van der Waals surface area contributed by atoms with Crippen molar-refractivity contribution in [2.45, 2.75) is 0 Å². The van der Waals surface area contributed by atoms with Crippen LogP contribution in [0.4, 0.5) is 5.69 Å². The maximum absolute atomic E-state index is 7.12. The van der Waals surface area contributed by atoms with Gasteiger partial charge in [0.2, 0.25) is 0 Å². The lowest BCUT2D eigenvalue weighted by Gasteiger charge is -2.22. The number of rotatable bonds is 2. The number of nitrogens with zero attached hydrogens (tertiary/aromatic N) is 2. The molecule has 0 spiro atoms. The van der Waals surface area contributed by atoms with Crippen molar-refractivity contribution < 1.29 is 10.0 Å². The summed E-state index contributed by atoms with van der Waals surface area (Å²) in [6.45, 7) is 0. The topological polar surface area (TPSA) is 68.1 Å². The standard InChI is InChI=1S/C15H13N3.BH3O2/c1-3-7-13(8-4-1)15-11-12-16-18(17-15)14-9-5-2-6-10-14;2-1-3/h1-12,16H;1-3H. The van der Waals surface area contributed by atoms with Crippen LogP contribution in [0.2, 0.25) is 0 Å². The smallest absolute Gasteiger partial charge is 0.430 e. The maximum atomic E-state index is 7.12. The summed E-state index contributed by atoms with van der Waals surface area (Å²) in [5.41, 5.74) is 6.16. The highest BCUT2D eigenvalue weighted by atomic mass is 16.4. The number of hydrogen-bond donors (Lipinski definition) is 3. The van der Waals surface area contributed by atoms with Crippen LogP contribution in [-0.2, 0) is 0 Å². The molecule has 2 aromatic carbocycles. The zero-order valence-electron chi connectivity index (χ0n) is 11.4. The van der Waals surface area contributed by atoms with E-state index in [1.54, 1.807) is 5.12 Å². The zero-order valence-corrected chi connectivity index (χ0v) is 11.4. The van der Waals surface area contributed by atoms with E-state index in [1.807, 2.05) is 60.8 Å². The van der Waals surface area contributed by atoms with Gasteiger partial charge in [0.25, 0.3) is 0 Å². The van der Waals surface area contributed by atoms with Crippen LogP contribution < -0.4 is 10.5 Å². The van der Waals surface area contributed by atoms with Crippen LogP contribution in [0.3, 0.4) is 0 Å². The Hall–Kier alpha value is -2.57.